The molecule has 2 nitrogen and oxygen atoms in total. The third-order valence-electron chi connectivity index (χ3n) is 1.86. The van der Waals surface area contributed by atoms with E-state index in [9.17, 15) is 25.7 Å². The lowest BCUT2D eigenvalue weighted by Crippen LogP contribution is -2.13. The minimum atomic E-state index is -5.88. The number of methoxy groups -OCH3 is 1. The van der Waals surface area contributed by atoms with Crippen molar-refractivity contribution >= 4 is 16.8 Å². The molecule has 0 saturated heterocycles. The van der Waals surface area contributed by atoms with Gasteiger partial charge in [-0.05, 0) is 24.3 Å². The average molecular weight is 274 g/mol. The Hall–Kier alpha value is -1.31. The molecular formula is C9H7F5O2S. The maximum absolute atomic E-state index is 12.9. The third kappa shape index (κ3) is 2.68. The van der Waals surface area contributed by atoms with E-state index >= 15 is 0 Å². The second kappa shape index (κ2) is 4.52. The van der Waals surface area contributed by atoms with E-state index in [0.717, 1.165) is 19.2 Å². The second-order valence-corrected chi connectivity index (χ2v) is 4.80. The first kappa shape index (κ1) is 13.8. The number of halogens is 5. The highest BCUT2D eigenvalue weighted by Gasteiger charge is 2.54. The highest BCUT2D eigenvalue weighted by molar-refractivity contribution is 8.26. The SMILES string of the molecule is COC(=O)c1ccc(S(F)(F)C(F)(F)F)cc1. The van der Waals surface area contributed by atoms with Gasteiger partial charge in [0, 0.05) is 0 Å². The van der Waals surface area contributed by atoms with E-state index < -0.39 is 27.2 Å². The number of carbonyl (C=O) groups excluding carboxylic acids is 1. The summed E-state index contributed by atoms with van der Waals surface area (Å²) in [6.07, 6.45) is 0. The molecule has 0 atom stereocenters. The molecule has 0 bridgehead atoms. The zero-order valence-corrected chi connectivity index (χ0v) is 9.24. The highest BCUT2D eigenvalue weighted by Crippen LogP contribution is 2.70. The van der Waals surface area contributed by atoms with Crippen LogP contribution in [-0.4, -0.2) is 18.6 Å². The van der Waals surface area contributed by atoms with E-state index in [2.05, 4.69) is 4.74 Å². The summed E-state index contributed by atoms with van der Waals surface area (Å²) in [7, 11) is -4.80. The molecule has 17 heavy (non-hydrogen) atoms. The van der Waals surface area contributed by atoms with Crippen LogP contribution in [0.3, 0.4) is 0 Å². The molecule has 96 valence electrons. The van der Waals surface area contributed by atoms with Crippen molar-refractivity contribution < 1.29 is 30.5 Å². The Bertz CT molecular complexity index is 412. The van der Waals surface area contributed by atoms with E-state index in [-0.39, 0.29) is 5.56 Å². The van der Waals surface area contributed by atoms with Crippen LogP contribution in [-0.2, 0) is 4.74 Å². The fraction of sp³-hybridized carbons (Fsp3) is 0.222. The van der Waals surface area contributed by atoms with Gasteiger partial charge in [-0.15, -0.1) is 7.77 Å². The van der Waals surface area contributed by atoms with E-state index in [1.54, 1.807) is 0 Å². The molecular weight excluding hydrogens is 267 g/mol. The molecule has 8 heteroatoms. The van der Waals surface area contributed by atoms with E-state index in [1.807, 2.05) is 0 Å². The first-order valence-corrected chi connectivity index (χ1v) is 5.61. The Kier molecular flexibility index (Phi) is 3.65. The molecule has 0 aliphatic rings. The molecule has 0 N–H and O–H groups in total. The summed E-state index contributed by atoms with van der Waals surface area (Å²) in [4.78, 5) is 9.81. The van der Waals surface area contributed by atoms with Crippen LogP contribution in [0.1, 0.15) is 10.4 Å². The molecule has 0 unspecified atom stereocenters. The van der Waals surface area contributed by atoms with Crippen molar-refractivity contribution in [3.05, 3.63) is 29.8 Å². The van der Waals surface area contributed by atoms with Crippen molar-refractivity contribution in [2.45, 2.75) is 10.4 Å². The molecule has 0 aliphatic carbocycles. The molecule has 0 aliphatic heterocycles. The topological polar surface area (TPSA) is 26.3 Å². The largest absolute Gasteiger partial charge is 0.482 e. The van der Waals surface area contributed by atoms with Crippen molar-refractivity contribution in [1.82, 2.24) is 0 Å². The Labute approximate surface area is 95.3 Å². The van der Waals surface area contributed by atoms with Gasteiger partial charge in [-0.25, -0.2) is 4.79 Å². The summed E-state index contributed by atoms with van der Waals surface area (Å²) in [5.41, 5.74) is -5.67. The number of rotatable bonds is 2. The monoisotopic (exact) mass is 274 g/mol. The van der Waals surface area contributed by atoms with Gasteiger partial charge < -0.3 is 4.74 Å². The minimum absolute atomic E-state index is 0.0892. The first-order chi connectivity index (χ1) is 7.70. The van der Waals surface area contributed by atoms with Crippen molar-refractivity contribution in [3.8, 4) is 0 Å². The molecule has 0 heterocycles. The van der Waals surface area contributed by atoms with Gasteiger partial charge in [0.2, 0.25) is 0 Å². The Morgan fingerprint density at radius 3 is 2.00 bits per heavy atom. The number of esters is 1. The predicted molar refractivity (Wildman–Crippen MR) is 51.9 cm³/mol. The van der Waals surface area contributed by atoms with Gasteiger partial charge in [-0.3, -0.25) is 0 Å². The number of hydrogen-bond acceptors (Lipinski definition) is 2. The Balaban J connectivity index is 3.07. The van der Waals surface area contributed by atoms with Gasteiger partial charge in [0.15, 0.2) is 10.8 Å². The summed E-state index contributed by atoms with van der Waals surface area (Å²) in [6, 6.07) is 2.89. The normalized spacial score (nSPS) is 13.3. The molecule has 0 saturated carbocycles. The van der Waals surface area contributed by atoms with Crippen LogP contribution in [0.2, 0.25) is 0 Å². The summed E-state index contributed by atoms with van der Waals surface area (Å²) in [5.74, 6) is -0.804. The number of hydrogen-bond donors (Lipinski definition) is 0. The van der Waals surface area contributed by atoms with Crippen molar-refractivity contribution in [1.29, 1.82) is 0 Å². The molecule has 0 aromatic heterocycles. The molecule has 1 aromatic carbocycles. The number of ether oxygens (including phenoxy) is 1. The number of benzene rings is 1. The lowest BCUT2D eigenvalue weighted by molar-refractivity contribution is -0.0463. The quantitative estimate of drug-likeness (QED) is 0.603. The number of alkyl halides is 3. The average Bonchev–Trinajstić information content (AvgIpc) is 2.26. The van der Waals surface area contributed by atoms with Crippen LogP contribution < -0.4 is 0 Å². The van der Waals surface area contributed by atoms with E-state index in [1.165, 1.54) is 0 Å². The lowest BCUT2D eigenvalue weighted by atomic mass is 10.2. The van der Waals surface area contributed by atoms with Gasteiger partial charge in [0.05, 0.1) is 17.6 Å². The van der Waals surface area contributed by atoms with E-state index in [0.29, 0.717) is 12.1 Å². The van der Waals surface area contributed by atoms with E-state index in [4.69, 9.17) is 0 Å². The van der Waals surface area contributed by atoms with Gasteiger partial charge in [-0.2, -0.15) is 13.2 Å². The maximum atomic E-state index is 12.9. The fourth-order valence-corrected chi connectivity index (χ4v) is 1.76. The van der Waals surface area contributed by atoms with Crippen LogP contribution in [0.25, 0.3) is 0 Å². The zero-order chi connectivity index (χ0) is 13.3. The van der Waals surface area contributed by atoms with Gasteiger partial charge in [0.1, 0.15) is 0 Å². The summed E-state index contributed by atoms with van der Waals surface area (Å²) in [6.45, 7) is 0. The third-order valence-corrected chi connectivity index (χ3v) is 3.31. The maximum Gasteiger partial charge on any atom is 0.482 e. The molecule has 0 fully saturated rings. The molecule has 0 amide bonds. The van der Waals surface area contributed by atoms with Crippen molar-refractivity contribution in [2.75, 3.05) is 7.11 Å². The lowest BCUT2D eigenvalue weighted by Gasteiger charge is -2.23. The highest BCUT2D eigenvalue weighted by atomic mass is 32.3. The van der Waals surface area contributed by atoms with Crippen LogP contribution in [0.15, 0.2) is 29.2 Å². The van der Waals surface area contributed by atoms with Crippen LogP contribution >= 0.6 is 10.8 Å². The van der Waals surface area contributed by atoms with Gasteiger partial charge in [0.25, 0.3) is 0 Å². The van der Waals surface area contributed by atoms with Crippen LogP contribution in [0.4, 0.5) is 20.9 Å². The van der Waals surface area contributed by atoms with Crippen LogP contribution in [0, 0.1) is 0 Å². The molecule has 0 spiro atoms. The summed E-state index contributed by atoms with van der Waals surface area (Å²) < 4.78 is 66.2. The van der Waals surface area contributed by atoms with Crippen LogP contribution in [0.5, 0.6) is 0 Å². The molecule has 1 rings (SSSR count). The zero-order valence-electron chi connectivity index (χ0n) is 8.42. The predicted octanol–water partition coefficient (Wildman–Crippen LogP) is 3.93. The summed E-state index contributed by atoms with van der Waals surface area (Å²) in [5, 5.41) is 0. The van der Waals surface area contributed by atoms with Crippen molar-refractivity contribution in [2.24, 2.45) is 0 Å². The van der Waals surface area contributed by atoms with Gasteiger partial charge >= 0.3 is 11.5 Å². The minimum Gasteiger partial charge on any atom is -0.465 e. The summed E-state index contributed by atoms with van der Waals surface area (Å²) >= 11 is 0. The molecule has 0 radical (unpaired) electrons. The second-order valence-electron chi connectivity index (χ2n) is 2.93. The fourth-order valence-electron chi connectivity index (χ4n) is 1.01. The smallest absolute Gasteiger partial charge is 0.465 e. The Morgan fingerprint density at radius 2 is 1.65 bits per heavy atom. The van der Waals surface area contributed by atoms with Crippen molar-refractivity contribution in [3.63, 3.8) is 0 Å². The standard InChI is InChI=1S/C9H7F5O2S/c1-16-8(15)6-2-4-7(5-3-6)17(13,14)9(10,11)12/h2-5H,1H3. The first-order valence-electron chi connectivity index (χ1n) is 4.17. The molecule has 1 aromatic rings. The number of carbonyl (C=O) groups is 1. The van der Waals surface area contributed by atoms with Gasteiger partial charge in [-0.1, -0.05) is 0 Å². The Morgan fingerprint density at radius 1 is 1.18 bits per heavy atom.